The van der Waals surface area contributed by atoms with Crippen LogP contribution in [0.15, 0.2) is 212 Å². The van der Waals surface area contributed by atoms with Crippen molar-refractivity contribution in [2.24, 2.45) is 0 Å². The van der Waals surface area contributed by atoms with Crippen LogP contribution in [-0.2, 0) is 5.41 Å². The Morgan fingerprint density at radius 2 is 0.919 bits per heavy atom. The molecule has 62 heavy (non-hydrogen) atoms. The molecule has 0 saturated heterocycles. The Balaban J connectivity index is 1.00. The molecule has 1 aliphatic rings. The second-order valence-electron chi connectivity index (χ2n) is 17.1. The van der Waals surface area contributed by atoms with Crippen LogP contribution < -0.4 is 0 Å². The van der Waals surface area contributed by atoms with Crippen molar-refractivity contribution in [3.05, 3.63) is 223 Å². The minimum absolute atomic E-state index is 0.174. The molecular weight excluding hydrogens is 767 g/mol. The Morgan fingerprint density at radius 1 is 0.339 bits per heavy atom. The number of nitrogens with zero attached hydrogens (tertiary/aromatic N) is 1. The molecule has 1 nitrogen and oxygen atoms in total. The number of aromatic nitrogens is 1. The number of rotatable bonds is 6. The molecule has 0 aliphatic heterocycles. The van der Waals surface area contributed by atoms with Gasteiger partial charge in [-0.1, -0.05) is 172 Å². The molecule has 0 N–H and O–H groups in total. The first kappa shape index (κ1) is 36.5. The molecule has 11 aromatic rings. The Hall–Kier alpha value is -7.39. The first-order chi connectivity index (χ1) is 30.4. The number of hydrogen-bond acceptors (Lipinski definition) is 2. The molecule has 0 saturated carbocycles. The van der Waals surface area contributed by atoms with Gasteiger partial charge < -0.3 is 0 Å². The first-order valence-corrected chi connectivity index (χ1v) is 22.2. The molecule has 0 bridgehead atoms. The van der Waals surface area contributed by atoms with Crippen molar-refractivity contribution in [2.45, 2.75) is 19.3 Å². The highest BCUT2D eigenvalue weighted by Gasteiger charge is 2.37. The van der Waals surface area contributed by atoms with Gasteiger partial charge in [0.25, 0.3) is 0 Å². The summed E-state index contributed by atoms with van der Waals surface area (Å²) in [5, 5.41) is 5.06. The summed E-state index contributed by atoms with van der Waals surface area (Å²) in [7, 11) is 0. The molecule has 2 heteroatoms. The van der Waals surface area contributed by atoms with Crippen molar-refractivity contribution < 1.29 is 0 Å². The Kier molecular flexibility index (Phi) is 8.45. The molecule has 2 aromatic heterocycles. The first-order valence-electron chi connectivity index (χ1n) is 21.4. The molecule has 292 valence electrons. The van der Waals surface area contributed by atoms with Crippen molar-refractivity contribution in [3.8, 4) is 78.1 Å². The summed E-state index contributed by atoms with van der Waals surface area (Å²) >= 11 is 1.86. The summed E-state index contributed by atoms with van der Waals surface area (Å²) in [6.45, 7) is 4.74. The lowest BCUT2D eigenvalue weighted by molar-refractivity contribution is 0.660. The molecule has 0 unspecified atom stereocenters. The van der Waals surface area contributed by atoms with Gasteiger partial charge in [0.2, 0.25) is 0 Å². The lowest BCUT2D eigenvalue weighted by Gasteiger charge is -2.22. The lowest BCUT2D eigenvalue weighted by atomic mass is 9.81. The van der Waals surface area contributed by atoms with Gasteiger partial charge in [-0.3, -0.25) is 0 Å². The molecule has 0 fully saturated rings. The molecule has 0 amide bonds. The van der Waals surface area contributed by atoms with Gasteiger partial charge in [-0.05, 0) is 132 Å². The van der Waals surface area contributed by atoms with Crippen molar-refractivity contribution in [2.75, 3.05) is 0 Å². The summed E-state index contributed by atoms with van der Waals surface area (Å²) in [5.74, 6) is 0. The Labute approximate surface area is 366 Å². The highest BCUT2D eigenvalue weighted by atomic mass is 32.1. The normalized spacial score (nSPS) is 12.8. The zero-order valence-corrected chi connectivity index (χ0v) is 35.4. The highest BCUT2D eigenvalue weighted by molar-refractivity contribution is 7.25. The van der Waals surface area contributed by atoms with Crippen molar-refractivity contribution in [3.63, 3.8) is 0 Å². The van der Waals surface area contributed by atoms with Gasteiger partial charge in [-0.25, -0.2) is 4.98 Å². The van der Waals surface area contributed by atoms with E-state index >= 15 is 0 Å². The maximum Gasteiger partial charge on any atom is 0.0715 e. The van der Waals surface area contributed by atoms with E-state index in [1.807, 2.05) is 11.3 Å². The van der Waals surface area contributed by atoms with Crippen molar-refractivity contribution >= 4 is 42.3 Å². The topological polar surface area (TPSA) is 12.9 Å². The number of benzene rings is 9. The van der Waals surface area contributed by atoms with Gasteiger partial charge in [0.15, 0.2) is 0 Å². The van der Waals surface area contributed by atoms with Crippen LogP contribution in [0, 0.1) is 0 Å². The van der Waals surface area contributed by atoms with Crippen LogP contribution in [0.2, 0.25) is 0 Å². The fraction of sp³-hybridized carbons (Fsp3) is 0.0500. The van der Waals surface area contributed by atoms with Crippen LogP contribution in [0.3, 0.4) is 0 Å². The lowest BCUT2D eigenvalue weighted by Crippen LogP contribution is -2.15. The summed E-state index contributed by atoms with van der Waals surface area (Å²) in [4.78, 5) is 5.52. The summed E-state index contributed by atoms with van der Waals surface area (Å²) in [6.07, 6.45) is 0. The van der Waals surface area contributed by atoms with Crippen LogP contribution >= 0.6 is 11.3 Å². The third kappa shape index (κ3) is 6.10. The van der Waals surface area contributed by atoms with Crippen LogP contribution in [0.5, 0.6) is 0 Å². The summed E-state index contributed by atoms with van der Waals surface area (Å²) in [6, 6.07) is 78.0. The molecular formula is C60H41NS. The van der Waals surface area contributed by atoms with Gasteiger partial charge in [-0.15, -0.1) is 11.3 Å². The molecule has 12 rings (SSSR count). The molecule has 0 radical (unpaired) electrons. The van der Waals surface area contributed by atoms with Crippen molar-refractivity contribution in [1.82, 2.24) is 4.98 Å². The van der Waals surface area contributed by atoms with Crippen LogP contribution in [0.4, 0.5) is 0 Å². The molecule has 9 aromatic carbocycles. The predicted octanol–water partition coefficient (Wildman–Crippen LogP) is 16.9. The van der Waals surface area contributed by atoms with E-state index in [2.05, 4.69) is 226 Å². The van der Waals surface area contributed by atoms with E-state index in [9.17, 15) is 0 Å². The number of fused-ring (bicyclic) bond motifs is 7. The second-order valence-corrected chi connectivity index (χ2v) is 18.2. The third-order valence-corrected chi connectivity index (χ3v) is 14.2. The summed E-state index contributed by atoms with van der Waals surface area (Å²) in [5.41, 5.74) is 19.0. The number of hydrogen-bond donors (Lipinski definition) is 0. The number of pyridine rings is 1. The largest absolute Gasteiger partial charge is 0.248 e. The summed E-state index contributed by atoms with van der Waals surface area (Å²) < 4.78 is 2.62. The maximum atomic E-state index is 5.52. The molecule has 1 aliphatic carbocycles. The van der Waals surface area contributed by atoms with E-state index in [1.165, 1.54) is 92.1 Å². The Bertz CT molecular complexity index is 3540. The fourth-order valence-corrected chi connectivity index (χ4v) is 10.9. The average molecular weight is 808 g/mol. The minimum atomic E-state index is -0.174. The van der Waals surface area contributed by atoms with E-state index in [-0.39, 0.29) is 5.41 Å². The average Bonchev–Trinajstić information content (AvgIpc) is 3.82. The van der Waals surface area contributed by atoms with Gasteiger partial charge in [0.05, 0.1) is 11.4 Å². The maximum absolute atomic E-state index is 5.52. The third-order valence-electron chi connectivity index (χ3n) is 13.1. The van der Waals surface area contributed by atoms with Crippen LogP contribution in [-0.4, -0.2) is 4.98 Å². The van der Waals surface area contributed by atoms with E-state index in [0.29, 0.717) is 0 Å². The molecule has 2 heterocycles. The van der Waals surface area contributed by atoms with Gasteiger partial charge in [0.1, 0.15) is 0 Å². The fourth-order valence-electron chi connectivity index (χ4n) is 9.80. The van der Waals surface area contributed by atoms with Crippen LogP contribution in [0.1, 0.15) is 25.0 Å². The zero-order chi connectivity index (χ0) is 41.4. The zero-order valence-electron chi connectivity index (χ0n) is 34.6. The standard InChI is InChI=1S/C60H41NS/c1-60(2)53-21-12-20-49(40-15-7-4-8-16-40)59(53)51-29-27-46(35-54(51)60)56-37-48(44-28-30-58-52(34-44)50-19-9-10-22-57(50)62-58)36-55(61-56)45-18-11-17-41(31-45)43-26-24-39-23-25-42(32-47(39)33-43)38-13-5-3-6-14-38/h3-37H,1-2H3. The number of thiophene rings is 1. The molecule has 0 spiro atoms. The second kappa shape index (κ2) is 14.4. The van der Waals surface area contributed by atoms with Gasteiger partial charge >= 0.3 is 0 Å². The Morgan fingerprint density at radius 3 is 1.71 bits per heavy atom. The van der Waals surface area contributed by atoms with Gasteiger partial charge in [0, 0.05) is 36.7 Å². The van der Waals surface area contributed by atoms with E-state index in [1.54, 1.807) is 0 Å². The smallest absolute Gasteiger partial charge is 0.0715 e. The van der Waals surface area contributed by atoms with E-state index in [0.717, 1.165) is 28.1 Å². The monoisotopic (exact) mass is 807 g/mol. The SMILES string of the molecule is CC1(C)c2cc(-c3cc(-c4ccc5sc6ccccc6c5c4)cc(-c4cccc(-c5ccc6ccc(-c7ccccc7)cc6c5)c4)n3)ccc2-c2c(-c3ccccc3)cccc21. The van der Waals surface area contributed by atoms with Crippen molar-refractivity contribution in [1.29, 1.82) is 0 Å². The minimum Gasteiger partial charge on any atom is -0.248 e. The quantitative estimate of drug-likeness (QED) is 0.163. The van der Waals surface area contributed by atoms with E-state index in [4.69, 9.17) is 4.98 Å². The van der Waals surface area contributed by atoms with Gasteiger partial charge in [-0.2, -0.15) is 0 Å². The van der Waals surface area contributed by atoms with Crippen LogP contribution in [0.25, 0.3) is 109 Å². The highest BCUT2D eigenvalue weighted by Crippen LogP contribution is 2.53. The predicted molar refractivity (Wildman–Crippen MR) is 265 cm³/mol. The van der Waals surface area contributed by atoms with E-state index < -0.39 is 0 Å². The molecule has 0 atom stereocenters.